The van der Waals surface area contributed by atoms with Crippen molar-refractivity contribution in [3.8, 4) is 0 Å². The second-order valence-electron chi connectivity index (χ2n) is 7.06. The van der Waals surface area contributed by atoms with Crippen LogP contribution < -0.4 is 11.1 Å². The maximum atomic E-state index is 11.6. The summed E-state index contributed by atoms with van der Waals surface area (Å²) in [6.45, 7) is 0.907. The first-order valence-electron chi connectivity index (χ1n) is 8.17. The Hall–Kier alpha value is -1.75. The molecule has 2 aromatic rings. The Balaban J connectivity index is 1.48. The van der Waals surface area contributed by atoms with Gasteiger partial charge in [0.05, 0.1) is 11.6 Å². The van der Waals surface area contributed by atoms with Gasteiger partial charge in [0.15, 0.2) is 5.58 Å². The van der Waals surface area contributed by atoms with Crippen LogP contribution in [0.4, 0.5) is 5.69 Å². The molecule has 0 unspecified atom stereocenters. The molecule has 3 fully saturated rings. The minimum atomic E-state index is -0.310. The van der Waals surface area contributed by atoms with Gasteiger partial charge in [-0.25, -0.2) is 4.79 Å². The number of oxazole rings is 1. The summed E-state index contributed by atoms with van der Waals surface area (Å²) in [6.07, 6.45) is 5.51. The van der Waals surface area contributed by atoms with Crippen LogP contribution in [-0.4, -0.2) is 23.3 Å². The molecule has 3 atom stereocenters. The molecular formula is C17H20N2O3. The molecule has 5 nitrogen and oxygen atoms in total. The van der Waals surface area contributed by atoms with Crippen molar-refractivity contribution in [2.75, 3.05) is 11.9 Å². The number of anilines is 1. The number of hydrogen-bond donors (Lipinski definition) is 1. The molecule has 1 aromatic heterocycles. The van der Waals surface area contributed by atoms with Crippen LogP contribution in [-0.2, 0) is 11.8 Å². The Labute approximate surface area is 128 Å². The van der Waals surface area contributed by atoms with E-state index in [0.717, 1.165) is 24.2 Å². The van der Waals surface area contributed by atoms with Crippen molar-refractivity contribution < 1.29 is 9.15 Å². The van der Waals surface area contributed by atoms with E-state index in [-0.39, 0.29) is 5.76 Å². The number of aryl methyl sites for hydroxylation is 1. The lowest BCUT2D eigenvalue weighted by Gasteiger charge is -2.63. The number of hydrogen-bond acceptors (Lipinski definition) is 4. The Morgan fingerprint density at radius 2 is 2.23 bits per heavy atom. The molecular weight excluding hydrogens is 280 g/mol. The Morgan fingerprint density at radius 1 is 1.36 bits per heavy atom. The maximum Gasteiger partial charge on any atom is 0.419 e. The van der Waals surface area contributed by atoms with E-state index in [2.05, 4.69) is 5.32 Å². The van der Waals surface area contributed by atoms with Crippen molar-refractivity contribution in [1.29, 1.82) is 0 Å². The molecule has 1 aromatic carbocycles. The lowest BCUT2D eigenvalue weighted by Crippen LogP contribution is -2.68. The minimum Gasteiger partial charge on any atom is -0.408 e. The fourth-order valence-electron chi connectivity index (χ4n) is 4.85. The topological polar surface area (TPSA) is 56.4 Å². The zero-order valence-corrected chi connectivity index (χ0v) is 12.7. The number of aromatic nitrogens is 1. The molecule has 1 aliphatic heterocycles. The van der Waals surface area contributed by atoms with Gasteiger partial charge in [-0.15, -0.1) is 0 Å². The van der Waals surface area contributed by atoms with Crippen molar-refractivity contribution >= 4 is 16.8 Å². The average Bonchev–Trinajstić information content (AvgIpc) is 2.99. The average molecular weight is 300 g/mol. The molecule has 2 saturated carbocycles. The van der Waals surface area contributed by atoms with E-state index < -0.39 is 0 Å². The van der Waals surface area contributed by atoms with E-state index in [4.69, 9.17) is 9.15 Å². The number of fused-ring (bicyclic) bond motifs is 3. The van der Waals surface area contributed by atoms with Gasteiger partial charge in [0, 0.05) is 36.7 Å². The molecule has 0 amide bonds. The van der Waals surface area contributed by atoms with Crippen LogP contribution in [0.5, 0.6) is 0 Å². The van der Waals surface area contributed by atoms with Crippen molar-refractivity contribution in [3.63, 3.8) is 0 Å². The highest BCUT2D eigenvalue weighted by Crippen LogP contribution is 2.63. The predicted molar refractivity (Wildman–Crippen MR) is 83.0 cm³/mol. The van der Waals surface area contributed by atoms with Crippen molar-refractivity contribution in [3.05, 3.63) is 28.7 Å². The number of nitrogens with one attached hydrogen (secondary N) is 1. The van der Waals surface area contributed by atoms with E-state index in [1.165, 1.54) is 19.3 Å². The molecule has 2 heterocycles. The van der Waals surface area contributed by atoms with Crippen LogP contribution >= 0.6 is 0 Å². The third kappa shape index (κ3) is 1.45. The summed E-state index contributed by atoms with van der Waals surface area (Å²) in [7, 11) is 1.75. The summed E-state index contributed by atoms with van der Waals surface area (Å²) in [5.74, 6) is 0.333. The second kappa shape index (κ2) is 4.16. The van der Waals surface area contributed by atoms with Crippen LogP contribution in [0.2, 0.25) is 0 Å². The lowest BCUT2D eigenvalue weighted by atomic mass is 9.46. The van der Waals surface area contributed by atoms with Crippen LogP contribution in [0.25, 0.3) is 11.1 Å². The fourth-order valence-corrected chi connectivity index (χ4v) is 4.85. The summed E-state index contributed by atoms with van der Waals surface area (Å²) in [6, 6.07) is 6.43. The molecule has 3 aliphatic rings. The number of ether oxygens (including phenoxy) is 1. The van der Waals surface area contributed by atoms with E-state index in [1.54, 1.807) is 11.6 Å². The maximum absolute atomic E-state index is 11.6. The molecule has 0 bridgehead atoms. The predicted octanol–water partition coefficient (Wildman–Crippen LogP) is 2.50. The van der Waals surface area contributed by atoms with Crippen LogP contribution in [0.1, 0.15) is 25.7 Å². The zero-order chi connectivity index (χ0) is 14.9. The van der Waals surface area contributed by atoms with Gasteiger partial charge in [0.25, 0.3) is 0 Å². The monoisotopic (exact) mass is 300 g/mol. The summed E-state index contributed by atoms with van der Waals surface area (Å²) in [4.78, 5) is 11.6. The highest BCUT2D eigenvalue weighted by molar-refractivity contribution is 5.77. The van der Waals surface area contributed by atoms with Crippen molar-refractivity contribution in [1.82, 2.24) is 4.57 Å². The van der Waals surface area contributed by atoms with Crippen LogP contribution in [0.15, 0.2) is 27.4 Å². The summed E-state index contributed by atoms with van der Waals surface area (Å²) in [5, 5.41) is 3.73. The molecule has 22 heavy (non-hydrogen) atoms. The molecule has 116 valence electrons. The van der Waals surface area contributed by atoms with E-state index >= 15 is 0 Å². The number of rotatable bonds is 2. The second-order valence-corrected chi connectivity index (χ2v) is 7.06. The molecule has 1 N–H and O–H groups in total. The Bertz CT molecular complexity index is 802. The number of benzene rings is 1. The third-order valence-electron chi connectivity index (χ3n) is 6.15. The Morgan fingerprint density at radius 3 is 3.00 bits per heavy atom. The summed E-state index contributed by atoms with van der Waals surface area (Å²) < 4.78 is 12.7. The van der Waals surface area contributed by atoms with E-state index in [0.29, 0.717) is 29.1 Å². The molecule has 1 saturated heterocycles. The smallest absolute Gasteiger partial charge is 0.408 e. The lowest BCUT2D eigenvalue weighted by molar-refractivity contribution is -0.158. The normalized spacial score (nSPS) is 31.8. The first-order chi connectivity index (χ1) is 10.7. The van der Waals surface area contributed by atoms with Crippen molar-refractivity contribution in [2.45, 2.75) is 37.8 Å². The van der Waals surface area contributed by atoms with Gasteiger partial charge in [0.1, 0.15) is 0 Å². The number of nitrogens with zero attached hydrogens (tertiary/aromatic N) is 1. The van der Waals surface area contributed by atoms with Gasteiger partial charge in [-0.3, -0.25) is 4.57 Å². The highest BCUT2D eigenvalue weighted by atomic mass is 16.5. The molecule has 0 radical (unpaired) electrons. The van der Waals surface area contributed by atoms with E-state index in [1.807, 2.05) is 18.2 Å². The van der Waals surface area contributed by atoms with Gasteiger partial charge in [0.2, 0.25) is 0 Å². The molecule has 5 heteroatoms. The van der Waals surface area contributed by atoms with Gasteiger partial charge < -0.3 is 14.5 Å². The first kappa shape index (κ1) is 12.8. The molecule has 2 aliphatic carbocycles. The van der Waals surface area contributed by atoms with Gasteiger partial charge in [-0.05, 0) is 37.5 Å². The fraction of sp³-hybridized carbons (Fsp3) is 0.588. The SMILES string of the molecule is Cn1c(=O)oc2ccc(N[C@@H]3[C@@H]4CCO[C@@H]4C34CCC4)cc21. The molecule has 5 rings (SSSR count). The standard InChI is InChI=1S/C17H20N2O3/c1-19-12-9-10(3-4-13(12)22-16(19)20)18-14-11-5-8-21-15(11)17(14)6-2-7-17/h3-4,9,11,14-15,18H,2,5-8H2,1H3/t11-,14+,15-/m0/s1. The van der Waals surface area contributed by atoms with Gasteiger partial charge >= 0.3 is 5.76 Å². The Kier molecular flexibility index (Phi) is 2.41. The summed E-state index contributed by atoms with van der Waals surface area (Å²) in [5.41, 5.74) is 2.92. The quantitative estimate of drug-likeness (QED) is 0.926. The van der Waals surface area contributed by atoms with Gasteiger partial charge in [-0.1, -0.05) is 6.42 Å². The zero-order valence-electron chi connectivity index (χ0n) is 12.7. The van der Waals surface area contributed by atoms with Crippen LogP contribution in [0, 0.1) is 11.3 Å². The van der Waals surface area contributed by atoms with Crippen LogP contribution in [0.3, 0.4) is 0 Å². The van der Waals surface area contributed by atoms with E-state index in [9.17, 15) is 4.79 Å². The van der Waals surface area contributed by atoms with Crippen molar-refractivity contribution in [2.24, 2.45) is 18.4 Å². The largest absolute Gasteiger partial charge is 0.419 e. The summed E-state index contributed by atoms with van der Waals surface area (Å²) >= 11 is 0. The first-order valence-corrected chi connectivity index (χ1v) is 8.17. The van der Waals surface area contributed by atoms with Gasteiger partial charge in [-0.2, -0.15) is 0 Å². The highest BCUT2D eigenvalue weighted by Gasteiger charge is 2.66. The minimum absolute atomic E-state index is 0.310. The molecule has 1 spiro atoms. The third-order valence-corrected chi connectivity index (χ3v) is 6.15.